The third kappa shape index (κ3) is 40.7. The van der Waals surface area contributed by atoms with Crippen LogP contribution in [0.4, 0.5) is 0 Å². The number of nitrogens with two attached hydrogens (primary N) is 1. The summed E-state index contributed by atoms with van der Waals surface area (Å²) < 4.78 is 0. The Kier molecular flexibility index (Phi) is 44.2. The van der Waals surface area contributed by atoms with E-state index in [2.05, 4.69) is 92.6 Å². The first-order valence-electron chi connectivity index (χ1n) is 24.7. The summed E-state index contributed by atoms with van der Waals surface area (Å²) in [5.41, 5.74) is 7.68. The molecule has 5 amide bonds. The first-order chi connectivity index (χ1) is 33.6. The summed E-state index contributed by atoms with van der Waals surface area (Å²) in [6.45, 7) is 19.9. The second-order valence-corrected chi connectivity index (χ2v) is 17.5. The number of hydrogen-bond donors (Lipinski definition) is 11. The summed E-state index contributed by atoms with van der Waals surface area (Å²) >= 11 is 0. The zero-order chi connectivity index (χ0) is 52.8. The maximum atomic E-state index is 12.3. The molecule has 398 valence electrons. The molecular weight excluding hydrogens is 895 g/mol. The average Bonchev–Trinajstić information content (AvgIpc) is 3.34. The van der Waals surface area contributed by atoms with Gasteiger partial charge in [0, 0.05) is 33.3 Å². The minimum Gasteiger partial charge on any atom is -0.400 e. The average molecular weight is 986 g/mol. The van der Waals surface area contributed by atoms with Crippen molar-refractivity contribution in [1.29, 1.82) is 0 Å². The van der Waals surface area contributed by atoms with E-state index in [-0.39, 0.29) is 49.8 Å². The molecule has 1 saturated heterocycles. The van der Waals surface area contributed by atoms with Gasteiger partial charge in [0.1, 0.15) is 18.6 Å². The standard InChI is InChI=1S/C20H41N7O3.C19H28N4O4.C7H8.C4H10.CH4O/c21-6-2-1-5-18(17-28)26-19(29)15-25-20(30)16-27-13-4-9-23-11-10-22-7-3-8-24-12-14-27;1-13(2)18(23-16(25)10-20-3)19(27)21-11-17(26)22-15(12-24)9-14-7-5-4-6-8-14;1-7-5-3-2-4-6-7;1-4(2)3;1-2/h17-18,22-24H,1-16,21H2,(H,25,30)(H,26,29);4-8,12-13,15,18,20H,9-11H2,1-3H3,(H,21,27)(H,22,26)(H,23,25);2-6H,1H3;4H,1-3H3;2H,1H3. The van der Waals surface area contributed by atoms with Crippen molar-refractivity contribution in [2.75, 3.05) is 99.2 Å². The van der Waals surface area contributed by atoms with Crippen LogP contribution in [0.5, 0.6) is 0 Å². The molecule has 19 heteroatoms. The van der Waals surface area contributed by atoms with Gasteiger partial charge in [0.05, 0.1) is 38.3 Å². The summed E-state index contributed by atoms with van der Waals surface area (Å²) in [4.78, 5) is 84.7. The van der Waals surface area contributed by atoms with Crippen LogP contribution in [0.1, 0.15) is 77.8 Å². The number of hydrogen-bond acceptors (Lipinski definition) is 14. The fourth-order valence-corrected chi connectivity index (χ4v) is 6.19. The Balaban J connectivity index is 0. The van der Waals surface area contributed by atoms with Gasteiger partial charge in [-0.05, 0) is 103 Å². The summed E-state index contributed by atoms with van der Waals surface area (Å²) in [6, 6.07) is 17.6. The molecule has 2 aromatic carbocycles. The van der Waals surface area contributed by atoms with Crippen molar-refractivity contribution < 1.29 is 38.7 Å². The smallest absolute Gasteiger partial charge is 0.243 e. The van der Waals surface area contributed by atoms with Gasteiger partial charge in [0.15, 0.2) is 0 Å². The minimum atomic E-state index is -0.746. The molecule has 3 rings (SSSR count). The lowest BCUT2D eigenvalue weighted by atomic mass is 10.0. The van der Waals surface area contributed by atoms with Gasteiger partial charge in [-0.25, -0.2) is 0 Å². The van der Waals surface area contributed by atoms with E-state index in [1.807, 2.05) is 48.5 Å². The van der Waals surface area contributed by atoms with E-state index in [4.69, 9.17) is 10.8 Å². The Bertz CT molecular complexity index is 1630. The third-order valence-electron chi connectivity index (χ3n) is 9.69. The topological polar surface area (TPSA) is 277 Å². The van der Waals surface area contributed by atoms with Crippen molar-refractivity contribution in [2.24, 2.45) is 17.6 Å². The Hall–Kier alpha value is -5.15. The number of nitrogens with one attached hydrogen (secondary N) is 9. The zero-order valence-corrected chi connectivity index (χ0v) is 43.6. The number of unbranched alkanes of at least 4 members (excludes halogenated alkanes) is 1. The fourth-order valence-electron chi connectivity index (χ4n) is 6.19. The molecule has 0 radical (unpaired) electrons. The van der Waals surface area contributed by atoms with E-state index in [1.54, 1.807) is 20.9 Å². The lowest BCUT2D eigenvalue weighted by molar-refractivity contribution is -0.131. The highest BCUT2D eigenvalue weighted by atomic mass is 16.2. The van der Waals surface area contributed by atoms with Crippen molar-refractivity contribution in [2.45, 2.75) is 98.2 Å². The van der Waals surface area contributed by atoms with Crippen LogP contribution in [0.15, 0.2) is 60.7 Å². The molecule has 2 aromatic rings. The third-order valence-corrected chi connectivity index (χ3v) is 9.69. The highest BCUT2D eigenvalue weighted by molar-refractivity contribution is 5.91. The maximum absolute atomic E-state index is 12.3. The van der Waals surface area contributed by atoms with Crippen LogP contribution in [-0.2, 0) is 40.0 Å². The molecule has 1 fully saturated rings. The summed E-state index contributed by atoms with van der Waals surface area (Å²) in [7, 11) is 2.63. The Morgan fingerprint density at radius 1 is 0.657 bits per heavy atom. The van der Waals surface area contributed by atoms with Crippen LogP contribution in [0.3, 0.4) is 0 Å². The monoisotopic (exact) mass is 986 g/mol. The number of aryl methyl sites for hydroxylation is 1. The fraction of sp³-hybridized carbons (Fsp3) is 0.627. The van der Waals surface area contributed by atoms with Crippen molar-refractivity contribution in [3.05, 3.63) is 71.8 Å². The van der Waals surface area contributed by atoms with Gasteiger partial charge in [-0.1, -0.05) is 101 Å². The molecule has 3 atom stereocenters. The van der Waals surface area contributed by atoms with Crippen molar-refractivity contribution in [3.8, 4) is 0 Å². The van der Waals surface area contributed by atoms with E-state index >= 15 is 0 Å². The quantitative estimate of drug-likeness (QED) is 0.0599. The van der Waals surface area contributed by atoms with Crippen LogP contribution < -0.4 is 53.6 Å². The molecule has 0 saturated carbocycles. The van der Waals surface area contributed by atoms with E-state index in [9.17, 15) is 33.6 Å². The van der Waals surface area contributed by atoms with Crippen molar-refractivity contribution in [3.63, 3.8) is 0 Å². The van der Waals surface area contributed by atoms with Gasteiger partial charge < -0.3 is 68.3 Å². The number of rotatable bonds is 21. The number of nitrogens with zero attached hydrogens (tertiary/aromatic N) is 1. The largest absolute Gasteiger partial charge is 0.400 e. The summed E-state index contributed by atoms with van der Waals surface area (Å²) in [5.74, 6) is -1.08. The first kappa shape index (κ1) is 66.9. The number of aldehydes is 2. The van der Waals surface area contributed by atoms with E-state index in [0.29, 0.717) is 25.7 Å². The van der Waals surface area contributed by atoms with E-state index < -0.39 is 29.9 Å². The van der Waals surface area contributed by atoms with Crippen molar-refractivity contribution >= 4 is 42.1 Å². The Labute approximate surface area is 419 Å². The van der Waals surface area contributed by atoms with Crippen molar-refractivity contribution in [1.82, 2.24) is 52.8 Å². The number of likely N-dealkylation sites (N-methyl/N-ethyl adjacent to an activating group) is 1. The van der Waals surface area contributed by atoms with Gasteiger partial charge in [-0.15, -0.1) is 0 Å². The van der Waals surface area contributed by atoms with E-state index in [0.717, 1.165) is 103 Å². The van der Waals surface area contributed by atoms with Crippen LogP contribution in [0, 0.1) is 18.8 Å². The maximum Gasteiger partial charge on any atom is 0.243 e. The second-order valence-electron chi connectivity index (χ2n) is 17.5. The second kappa shape index (κ2) is 46.2. The van der Waals surface area contributed by atoms with Crippen LogP contribution in [0.2, 0.25) is 0 Å². The first-order valence-corrected chi connectivity index (χ1v) is 24.7. The molecule has 70 heavy (non-hydrogen) atoms. The summed E-state index contributed by atoms with van der Waals surface area (Å²) in [6.07, 6.45) is 5.95. The predicted molar refractivity (Wildman–Crippen MR) is 280 cm³/mol. The SMILES string of the molecule is CC(C)C.CNCC(=O)NC(C(=O)NCC(=O)NC(C=O)Cc1ccccc1)C(C)C.CO.Cc1ccccc1.NCCCCC(C=O)NC(=O)CNC(=O)CN1CCCNCCNCCCNCC1. The molecule has 0 aliphatic carbocycles. The normalized spacial score (nSPS) is 14.4. The Morgan fingerprint density at radius 3 is 1.69 bits per heavy atom. The van der Waals surface area contributed by atoms with Gasteiger partial charge in [-0.3, -0.25) is 28.9 Å². The highest BCUT2D eigenvalue weighted by Crippen LogP contribution is 2.04. The van der Waals surface area contributed by atoms with Gasteiger partial charge >= 0.3 is 0 Å². The lowest BCUT2D eigenvalue weighted by Gasteiger charge is -2.22. The molecule has 0 aromatic heterocycles. The van der Waals surface area contributed by atoms with Gasteiger partial charge in [0.2, 0.25) is 29.5 Å². The number of carbonyl (C=O) groups is 7. The van der Waals surface area contributed by atoms with E-state index in [1.165, 1.54) is 5.56 Å². The van der Waals surface area contributed by atoms with Gasteiger partial charge in [0.25, 0.3) is 0 Å². The predicted octanol–water partition coefficient (Wildman–Crippen LogP) is 0.435. The lowest BCUT2D eigenvalue weighted by Crippen LogP contribution is -2.53. The number of aliphatic hydroxyl groups is 1. The molecule has 12 N–H and O–H groups in total. The van der Waals surface area contributed by atoms with Crippen LogP contribution in [-0.4, -0.2) is 169 Å². The molecule has 1 aliphatic rings. The van der Waals surface area contributed by atoms with Crippen LogP contribution >= 0.6 is 0 Å². The molecular formula is C51H91N11O8. The number of carbonyl (C=O) groups excluding carboxylic acids is 7. The minimum absolute atomic E-state index is 0.0947. The summed E-state index contributed by atoms with van der Waals surface area (Å²) in [5, 5.41) is 32.9. The molecule has 3 unspecified atom stereocenters. The highest BCUT2D eigenvalue weighted by Gasteiger charge is 2.24. The van der Waals surface area contributed by atoms with Crippen LogP contribution in [0.25, 0.3) is 0 Å². The number of amides is 5. The molecule has 1 aliphatic heterocycles. The molecule has 19 nitrogen and oxygen atoms in total. The number of benzene rings is 2. The molecule has 0 bridgehead atoms. The molecule has 1 heterocycles. The Morgan fingerprint density at radius 2 is 1.17 bits per heavy atom. The zero-order valence-electron chi connectivity index (χ0n) is 43.6. The number of aliphatic hydroxyl groups excluding tert-OH is 1. The molecule has 0 spiro atoms. The van der Waals surface area contributed by atoms with Gasteiger partial charge in [-0.2, -0.15) is 0 Å².